The van der Waals surface area contributed by atoms with Crippen LogP contribution in [0.1, 0.15) is 33.1 Å². The van der Waals surface area contributed by atoms with E-state index < -0.39 is 0 Å². The topological polar surface area (TPSA) is 32.5 Å². The molecule has 1 saturated heterocycles. The Kier molecular flexibility index (Phi) is 7.20. The fourth-order valence-electron chi connectivity index (χ4n) is 3.11. The maximum absolute atomic E-state index is 5.89. The second-order valence-corrected chi connectivity index (χ2v) is 6.70. The maximum Gasteiger partial charge on any atom is 0.00189 e. The highest BCUT2D eigenvalue weighted by Crippen LogP contribution is 2.18. The van der Waals surface area contributed by atoms with Crippen LogP contribution in [0.3, 0.4) is 0 Å². The number of hydrogen-bond acceptors (Lipinski definition) is 3. The lowest BCUT2D eigenvalue weighted by molar-refractivity contribution is 0.162. The first-order valence-corrected chi connectivity index (χ1v) is 7.58. The van der Waals surface area contributed by atoms with Crippen molar-refractivity contribution in [3.8, 4) is 0 Å². The zero-order chi connectivity index (χ0) is 13.5. The molecule has 1 atom stereocenters. The van der Waals surface area contributed by atoms with Gasteiger partial charge in [0.15, 0.2) is 0 Å². The molecule has 0 bridgehead atoms. The predicted molar refractivity (Wildman–Crippen MR) is 79.7 cm³/mol. The molecule has 18 heavy (non-hydrogen) atoms. The zero-order valence-corrected chi connectivity index (χ0v) is 12.9. The molecule has 0 aliphatic carbocycles. The lowest BCUT2D eigenvalue weighted by atomic mass is 9.94. The smallest absolute Gasteiger partial charge is 0.00189 e. The Morgan fingerprint density at radius 2 is 1.89 bits per heavy atom. The van der Waals surface area contributed by atoms with Gasteiger partial charge in [-0.15, -0.1) is 0 Å². The van der Waals surface area contributed by atoms with E-state index in [4.69, 9.17) is 5.73 Å². The minimum Gasteiger partial charge on any atom is -0.330 e. The van der Waals surface area contributed by atoms with Gasteiger partial charge in [-0.25, -0.2) is 0 Å². The van der Waals surface area contributed by atoms with Crippen molar-refractivity contribution < 1.29 is 0 Å². The second kappa shape index (κ2) is 8.13. The molecule has 1 unspecified atom stereocenters. The molecule has 3 heteroatoms. The van der Waals surface area contributed by atoms with Crippen LogP contribution in [0.25, 0.3) is 0 Å². The molecular weight excluding hydrogens is 222 g/mol. The third-order valence-corrected chi connectivity index (χ3v) is 4.12. The minimum atomic E-state index is 0.668. The van der Waals surface area contributed by atoms with Crippen molar-refractivity contribution in [3.63, 3.8) is 0 Å². The predicted octanol–water partition coefficient (Wildman–Crippen LogP) is 1.88. The summed E-state index contributed by atoms with van der Waals surface area (Å²) in [4.78, 5) is 4.95. The molecule has 1 heterocycles. The summed E-state index contributed by atoms with van der Waals surface area (Å²) in [5.74, 6) is 2.32. The first-order chi connectivity index (χ1) is 8.51. The number of likely N-dealkylation sites (tertiary alicyclic amines) is 1. The van der Waals surface area contributed by atoms with Gasteiger partial charge in [0.2, 0.25) is 0 Å². The highest BCUT2D eigenvalue weighted by molar-refractivity contribution is 4.74. The summed E-state index contributed by atoms with van der Waals surface area (Å²) in [6.07, 6.45) is 3.98. The fourth-order valence-corrected chi connectivity index (χ4v) is 3.11. The Labute approximate surface area is 114 Å². The zero-order valence-electron chi connectivity index (χ0n) is 12.9. The van der Waals surface area contributed by atoms with E-state index in [1.165, 1.54) is 45.4 Å². The van der Waals surface area contributed by atoms with Gasteiger partial charge in [-0.3, -0.25) is 0 Å². The van der Waals surface area contributed by atoms with Gasteiger partial charge in [-0.1, -0.05) is 13.8 Å². The summed E-state index contributed by atoms with van der Waals surface area (Å²) in [5, 5.41) is 0. The summed E-state index contributed by atoms with van der Waals surface area (Å²) < 4.78 is 0. The monoisotopic (exact) mass is 255 g/mol. The average Bonchev–Trinajstić information content (AvgIpc) is 2.30. The van der Waals surface area contributed by atoms with Gasteiger partial charge < -0.3 is 15.5 Å². The molecule has 0 amide bonds. The molecule has 1 fully saturated rings. The van der Waals surface area contributed by atoms with Crippen LogP contribution >= 0.6 is 0 Å². The summed E-state index contributed by atoms with van der Waals surface area (Å²) in [7, 11) is 4.49. The molecule has 0 aromatic rings. The largest absolute Gasteiger partial charge is 0.330 e. The van der Waals surface area contributed by atoms with E-state index in [1.807, 2.05) is 0 Å². The Hall–Kier alpha value is -0.120. The van der Waals surface area contributed by atoms with Gasteiger partial charge in [0.05, 0.1) is 0 Å². The normalized spacial score (nSPS) is 20.8. The number of nitrogens with two attached hydrogens (primary N) is 1. The molecule has 0 saturated carbocycles. The molecule has 1 aliphatic rings. The highest BCUT2D eigenvalue weighted by Gasteiger charge is 2.19. The molecule has 0 radical (unpaired) electrons. The third kappa shape index (κ3) is 6.17. The standard InChI is InChI=1S/C15H33N3/c1-13(2)9-15(10-16)12-18(4)11-14-5-7-17(3)8-6-14/h13-15H,5-12,16H2,1-4H3. The van der Waals surface area contributed by atoms with Gasteiger partial charge in [0.1, 0.15) is 0 Å². The van der Waals surface area contributed by atoms with Crippen molar-refractivity contribution in [1.29, 1.82) is 0 Å². The Morgan fingerprint density at radius 1 is 1.28 bits per heavy atom. The van der Waals surface area contributed by atoms with Crippen molar-refractivity contribution in [2.45, 2.75) is 33.1 Å². The molecular formula is C15H33N3. The molecule has 1 rings (SSSR count). The lowest BCUT2D eigenvalue weighted by Gasteiger charge is -2.33. The Bertz CT molecular complexity index is 210. The highest BCUT2D eigenvalue weighted by atomic mass is 15.1. The van der Waals surface area contributed by atoms with Crippen LogP contribution in [0, 0.1) is 17.8 Å². The third-order valence-electron chi connectivity index (χ3n) is 4.12. The Morgan fingerprint density at radius 3 is 2.39 bits per heavy atom. The van der Waals surface area contributed by atoms with E-state index >= 15 is 0 Å². The average molecular weight is 255 g/mol. The van der Waals surface area contributed by atoms with Crippen LogP contribution in [-0.2, 0) is 0 Å². The van der Waals surface area contributed by atoms with Gasteiger partial charge in [-0.05, 0) is 70.7 Å². The van der Waals surface area contributed by atoms with E-state index in [0.29, 0.717) is 5.92 Å². The van der Waals surface area contributed by atoms with Gasteiger partial charge in [0.25, 0.3) is 0 Å². The molecule has 108 valence electrons. The summed E-state index contributed by atoms with van der Waals surface area (Å²) in [5.41, 5.74) is 5.89. The van der Waals surface area contributed by atoms with Gasteiger partial charge in [0, 0.05) is 13.1 Å². The molecule has 0 aromatic heterocycles. The van der Waals surface area contributed by atoms with Crippen molar-refractivity contribution in [2.24, 2.45) is 23.5 Å². The van der Waals surface area contributed by atoms with Gasteiger partial charge >= 0.3 is 0 Å². The van der Waals surface area contributed by atoms with Crippen LogP contribution in [0.2, 0.25) is 0 Å². The molecule has 0 spiro atoms. The lowest BCUT2D eigenvalue weighted by Crippen LogP contribution is -2.38. The molecule has 2 N–H and O–H groups in total. The maximum atomic E-state index is 5.89. The van der Waals surface area contributed by atoms with Gasteiger partial charge in [-0.2, -0.15) is 0 Å². The molecule has 1 aliphatic heterocycles. The van der Waals surface area contributed by atoms with Crippen molar-refractivity contribution >= 4 is 0 Å². The second-order valence-electron chi connectivity index (χ2n) is 6.70. The number of hydrogen-bond donors (Lipinski definition) is 1. The Balaban J connectivity index is 2.24. The summed E-state index contributed by atoms with van der Waals surface area (Å²) in [6.45, 7) is 10.4. The first-order valence-electron chi connectivity index (χ1n) is 7.58. The number of piperidine rings is 1. The summed E-state index contributed by atoms with van der Waals surface area (Å²) >= 11 is 0. The number of rotatable bonds is 7. The quantitative estimate of drug-likeness (QED) is 0.754. The number of nitrogens with zero attached hydrogens (tertiary/aromatic N) is 2. The van der Waals surface area contributed by atoms with E-state index in [2.05, 4.69) is 37.7 Å². The van der Waals surface area contributed by atoms with E-state index in [9.17, 15) is 0 Å². The van der Waals surface area contributed by atoms with Crippen LogP contribution in [0.15, 0.2) is 0 Å². The van der Waals surface area contributed by atoms with E-state index in [1.54, 1.807) is 0 Å². The van der Waals surface area contributed by atoms with Crippen molar-refractivity contribution in [1.82, 2.24) is 9.80 Å². The first kappa shape index (κ1) is 15.9. The van der Waals surface area contributed by atoms with Crippen molar-refractivity contribution in [3.05, 3.63) is 0 Å². The summed E-state index contributed by atoms with van der Waals surface area (Å²) in [6, 6.07) is 0. The van der Waals surface area contributed by atoms with E-state index in [-0.39, 0.29) is 0 Å². The van der Waals surface area contributed by atoms with Crippen LogP contribution in [-0.4, -0.2) is 56.6 Å². The van der Waals surface area contributed by atoms with Crippen LogP contribution in [0.4, 0.5) is 0 Å². The SMILES string of the molecule is CC(C)CC(CN)CN(C)CC1CCN(C)CC1. The van der Waals surface area contributed by atoms with E-state index in [0.717, 1.165) is 18.4 Å². The van der Waals surface area contributed by atoms with Crippen LogP contribution < -0.4 is 5.73 Å². The minimum absolute atomic E-state index is 0.668. The molecule has 0 aromatic carbocycles. The fraction of sp³-hybridized carbons (Fsp3) is 1.00. The van der Waals surface area contributed by atoms with Crippen LogP contribution in [0.5, 0.6) is 0 Å². The molecule has 3 nitrogen and oxygen atoms in total. The van der Waals surface area contributed by atoms with Crippen molar-refractivity contribution in [2.75, 3.05) is 46.8 Å².